The molecular weight excluding hydrogens is 320 g/mol. The van der Waals surface area contributed by atoms with Crippen LogP contribution in [-0.2, 0) is 16.1 Å². The molecule has 0 radical (unpaired) electrons. The number of nitrogens with one attached hydrogen (secondary N) is 1. The minimum atomic E-state index is -0.702. The zero-order valence-corrected chi connectivity index (χ0v) is 14.4. The number of urea groups is 1. The van der Waals surface area contributed by atoms with Gasteiger partial charge in [0.2, 0.25) is 5.91 Å². The highest BCUT2D eigenvalue weighted by atomic mass is 16.5. The summed E-state index contributed by atoms with van der Waals surface area (Å²) < 4.78 is 5.27. The highest BCUT2D eigenvalue weighted by Gasteiger charge is 2.29. The van der Waals surface area contributed by atoms with Crippen LogP contribution in [0.2, 0.25) is 0 Å². The normalized spacial score (nSPS) is 24.2. The zero-order valence-electron chi connectivity index (χ0n) is 14.4. The van der Waals surface area contributed by atoms with Crippen LogP contribution in [0.4, 0.5) is 4.79 Å². The van der Waals surface area contributed by atoms with Crippen LogP contribution in [0.15, 0.2) is 30.3 Å². The molecule has 0 aromatic heterocycles. The van der Waals surface area contributed by atoms with Gasteiger partial charge >= 0.3 is 6.03 Å². The minimum Gasteiger partial charge on any atom is -0.367 e. The predicted octanol–water partition coefficient (Wildman–Crippen LogP) is 0.404. The molecule has 3 amide bonds. The van der Waals surface area contributed by atoms with E-state index in [1.165, 1.54) is 5.56 Å². The molecule has 2 atom stereocenters. The Morgan fingerprint density at radius 1 is 1.20 bits per heavy atom. The van der Waals surface area contributed by atoms with Crippen LogP contribution in [0.25, 0.3) is 0 Å². The van der Waals surface area contributed by atoms with E-state index < -0.39 is 12.0 Å². The van der Waals surface area contributed by atoms with Gasteiger partial charge < -0.3 is 20.7 Å². The van der Waals surface area contributed by atoms with Crippen LogP contribution >= 0.6 is 0 Å². The van der Waals surface area contributed by atoms with E-state index >= 15 is 0 Å². The van der Waals surface area contributed by atoms with E-state index in [2.05, 4.69) is 34.5 Å². The third-order valence-electron chi connectivity index (χ3n) is 4.83. The van der Waals surface area contributed by atoms with E-state index in [1.807, 2.05) is 6.07 Å². The summed E-state index contributed by atoms with van der Waals surface area (Å²) in [4.78, 5) is 27.5. The van der Waals surface area contributed by atoms with E-state index in [0.717, 1.165) is 26.1 Å². The molecule has 2 unspecified atom stereocenters. The van der Waals surface area contributed by atoms with Crippen LogP contribution in [0, 0.1) is 5.92 Å². The van der Waals surface area contributed by atoms with E-state index in [1.54, 1.807) is 4.90 Å². The number of benzene rings is 1. The number of nitrogens with zero attached hydrogens (tertiary/aromatic N) is 2. The van der Waals surface area contributed by atoms with E-state index in [-0.39, 0.29) is 12.6 Å². The van der Waals surface area contributed by atoms with Gasteiger partial charge in [0.1, 0.15) is 0 Å². The van der Waals surface area contributed by atoms with Crippen LogP contribution in [0.1, 0.15) is 12.0 Å². The largest absolute Gasteiger partial charge is 0.367 e. The first-order chi connectivity index (χ1) is 12.1. The van der Waals surface area contributed by atoms with Crippen molar-refractivity contribution in [3.05, 3.63) is 35.9 Å². The number of carbonyl (C=O) groups is 2. The van der Waals surface area contributed by atoms with Gasteiger partial charge in [0, 0.05) is 26.2 Å². The fourth-order valence-electron chi connectivity index (χ4n) is 3.41. The highest BCUT2D eigenvalue weighted by molar-refractivity contribution is 5.81. The van der Waals surface area contributed by atoms with Gasteiger partial charge in [0.05, 0.1) is 13.2 Å². The van der Waals surface area contributed by atoms with Gasteiger partial charge in [-0.1, -0.05) is 30.3 Å². The molecule has 25 heavy (non-hydrogen) atoms. The van der Waals surface area contributed by atoms with Crippen molar-refractivity contribution in [2.24, 2.45) is 11.7 Å². The molecule has 2 fully saturated rings. The predicted molar refractivity (Wildman–Crippen MR) is 93.7 cm³/mol. The fourth-order valence-corrected chi connectivity index (χ4v) is 3.41. The summed E-state index contributed by atoms with van der Waals surface area (Å²) >= 11 is 0. The average molecular weight is 346 g/mol. The molecule has 2 aliphatic heterocycles. The van der Waals surface area contributed by atoms with Crippen molar-refractivity contribution in [2.45, 2.75) is 19.1 Å². The Balaban J connectivity index is 1.40. The van der Waals surface area contributed by atoms with Gasteiger partial charge in [-0.25, -0.2) is 4.79 Å². The van der Waals surface area contributed by atoms with Gasteiger partial charge in [-0.15, -0.1) is 0 Å². The quantitative estimate of drug-likeness (QED) is 0.808. The molecule has 3 N–H and O–H groups in total. The SMILES string of the molecule is NC(=O)C1CN(C(=O)NCC2CCN(Cc3ccccc3)C2)CCO1. The van der Waals surface area contributed by atoms with Gasteiger partial charge in [0.25, 0.3) is 0 Å². The molecule has 0 bridgehead atoms. The lowest BCUT2D eigenvalue weighted by Crippen LogP contribution is -2.53. The molecular formula is C18H26N4O3. The molecule has 0 aliphatic carbocycles. The number of hydrogen-bond acceptors (Lipinski definition) is 4. The molecule has 1 aromatic rings. The molecule has 2 heterocycles. The molecule has 7 nitrogen and oxygen atoms in total. The van der Waals surface area contributed by atoms with Gasteiger partial charge in [0.15, 0.2) is 6.10 Å². The van der Waals surface area contributed by atoms with Gasteiger partial charge in [-0.2, -0.15) is 0 Å². The van der Waals surface area contributed by atoms with Crippen molar-refractivity contribution in [3.8, 4) is 0 Å². The lowest BCUT2D eigenvalue weighted by Gasteiger charge is -2.31. The molecule has 1 aromatic carbocycles. The van der Waals surface area contributed by atoms with Crippen LogP contribution < -0.4 is 11.1 Å². The molecule has 136 valence electrons. The number of amides is 3. The second-order valence-corrected chi connectivity index (χ2v) is 6.77. The first kappa shape index (κ1) is 17.7. The Morgan fingerprint density at radius 2 is 2.00 bits per heavy atom. The Labute approximate surface area is 148 Å². The number of nitrogens with two attached hydrogens (primary N) is 1. The third-order valence-corrected chi connectivity index (χ3v) is 4.83. The summed E-state index contributed by atoms with van der Waals surface area (Å²) in [5.74, 6) is -0.0644. The van der Waals surface area contributed by atoms with Crippen molar-refractivity contribution >= 4 is 11.9 Å². The van der Waals surface area contributed by atoms with Gasteiger partial charge in [-0.3, -0.25) is 9.69 Å². The number of hydrogen-bond donors (Lipinski definition) is 2. The first-order valence-electron chi connectivity index (χ1n) is 8.82. The van der Waals surface area contributed by atoms with E-state index in [4.69, 9.17) is 10.5 Å². The highest BCUT2D eigenvalue weighted by Crippen LogP contribution is 2.18. The number of ether oxygens (including phenoxy) is 1. The summed E-state index contributed by atoms with van der Waals surface area (Å²) in [5.41, 5.74) is 6.57. The maximum absolute atomic E-state index is 12.3. The summed E-state index contributed by atoms with van der Waals surface area (Å²) in [6.45, 7) is 4.71. The Kier molecular flexibility index (Phi) is 5.88. The first-order valence-corrected chi connectivity index (χ1v) is 8.82. The molecule has 0 saturated carbocycles. The van der Waals surface area contributed by atoms with Crippen LogP contribution in [0.5, 0.6) is 0 Å². The molecule has 7 heteroatoms. The average Bonchev–Trinajstić information content (AvgIpc) is 3.08. The number of likely N-dealkylation sites (tertiary alicyclic amines) is 1. The summed E-state index contributed by atoms with van der Waals surface area (Å²) in [6.07, 6.45) is 0.382. The molecule has 2 aliphatic rings. The Morgan fingerprint density at radius 3 is 2.76 bits per heavy atom. The van der Waals surface area contributed by atoms with Crippen LogP contribution in [-0.4, -0.2) is 67.2 Å². The summed E-state index contributed by atoms with van der Waals surface area (Å²) in [5, 5.41) is 2.99. The summed E-state index contributed by atoms with van der Waals surface area (Å²) in [6, 6.07) is 10.3. The van der Waals surface area contributed by atoms with Crippen molar-refractivity contribution < 1.29 is 14.3 Å². The van der Waals surface area contributed by atoms with Gasteiger partial charge in [-0.05, 0) is 24.4 Å². The second kappa shape index (κ2) is 8.31. The minimum absolute atomic E-state index is 0.143. The lowest BCUT2D eigenvalue weighted by atomic mass is 10.1. The smallest absolute Gasteiger partial charge is 0.317 e. The fraction of sp³-hybridized carbons (Fsp3) is 0.556. The molecule has 3 rings (SSSR count). The number of carbonyl (C=O) groups excluding carboxylic acids is 2. The standard InChI is InChI=1S/C18H26N4O3/c19-17(23)16-13-22(8-9-25-16)18(24)20-10-15-6-7-21(12-15)11-14-4-2-1-3-5-14/h1-5,15-16H,6-13H2,(H2,19,23)(H,20,24). The number of morpholine rings is 1. The topological polar surface area (TPSA) is 87.9 Å². The maximum atomic E-state index is 12.3. The molecule has 2 saturated heterocycles. The van der Waals surface area contributed by atoms with E-state index in [0.29, 0.717) is 25.6 Å². The Bertz CT molecular complexity index is 595. The zero-order chi connectivity index (χ0) is 17.6. The number of primary amides is 1. The Hall–Kier alpha value is -2.12. The second-order valence-electron chi connectivity index (χ2n) is 6.77. The van der Waals surface area contributed by atoms with Crippen molar-refractivity contribution in [3.63, 3.8) is 0 Å². The third kappa shape index (κ3) is 4.93. The van der Waals surface area contributed by atoms with Crippen molar-refractivity contribution in [1.29, 1.82) is 0 Å². The molecule has 0 spiro atoms. The van der Waals surface area contributed by atoms with E-state index in [9.17, 15) is 9.59 Å². The van der Waals surface area contributed by atoms with Crippen molar-refractivity contribution in [1.82, 2.24) is 15.1 Å². The maximum Gasteiger partial charge on any atom is 0.317 e. The van der Waals surface area contributed by atoms with Crippen LogP contribution in [0.3, 0.4) is 0 Å². The summed E-state index contributed by atoms with van der Waals surface area (Å²) in [7, 11) is 0. The number of rotatable bonds is 5. The monoisotopic (exact) mass is 346 g/mol. The van der Waals surface area contributed by atoms with Crippen molar-refractivity contribution in [2.75, 3.05) is 39.3 Å². The lowest BCUT2D eigenvalue weighted by molar-refractivity contribution is -0.133.